The summed E-state index contributed by atoms with van der Waals surface area (Å²) in [6, 6.07) is 6.01. The SMILES string of the molecule is Cl.NCCCOC1CCN(C(=O)CCSc2ccc3c(c2)OCCCO3)CC1. The summed E-state index contributed by atoms with van der Waals surface area (Å²) in [5.41, 5.74) is 5.49. The second-order valence-corrected chi connectivity index (χ2v) is 8.02. The number of thioether (sulfide) groups is 1. The number of carbonyl (C=O) groups excluding carboxylic acids is 1. The van der Waals surface area contributed by atoms with Crippen molar-refractivity contribution in [1.29, 1.82) is 0 Å². The fourth-order valence-electron chi connectivity index (χ4n) is 3.25. The Balaban J connectivity index is 0.00000280. The zero-order chi connectivity index (χ0) is 18.9. The summed E-state index contributed by atoms with van der Waals surface area (Å²) >= 11 is 1.69. The number of halogens is 1. The van der Waals surface area contributed by atoms with Crippen LogP contribution in [0.3, 0.4) is 0 Å². The molecule has 3 rings (SSSR count). The van der Waals surface area contributed by atoms with Gasteiger partial charge in [-0.1, -0.05) is 0 Å². The number of hydrogen-bond donors (Lipinski definition) is 1. The summed E-state index contributed by atoms with van der Waals surface area (Å²) < 4.78 is 17.2. The van der Waals surface area contributed by atoms with Crippen LogP contribution in [0.4, 0.5) is 0 Å². The fraction of sp³-hybridized carbons (Fsp3) is 0.650. The Bertz CT molecular complexity index is 612. The Morgan fingerprint density at radius 1 is 1.21 bits per heavy atom. The monoisotopic (exact) mass is 430 g/mol. The largest absolute Gasteiger partial charge is 0.490 e. The number of benzene rings is 1. The summed E-state index contributed by atoms with van der Waals surface area (Å²) in [5, 5.41) is 0. The van der Waals surface area contributed by atoms with Crippen LogP contribution < -0.4 is 15.2 Å². The minimum Gasteiger partial charge on any atom is -0.490 e. The minimum atomic E-state index is 0. The zero-order valence-electron chi connectivity index (χ0n) is 16.3. The first-order chi connectivity index (χ1) is 13.3. The highest BCUT2D eigenvalue weighted by atomic mass is 35.5. The van der Waals surface area contributed by atoms with Gasteiger partial charge in [-0.25, -0.2) is 0 Å². The highest BCUT2D eigenvalue weighted by Crippen LogP contribution is 2.34. The number of piperidine rings is 1. The normalized spacial score (nSPS) is 17.0. The molecule has 0 bridgehead atoms. The van der Waals surface area contributed by atoms with Gasteiger partial charge < -0.3 is 24.8 Å². The number of rotatable bonds is 8. The van der Waals surface area contributed by atoms with Crippen molar-refractivity contribution in [3.05, 3.63) is 18.2 Å². The van der Waals surface area contributed by atoms with E-state index in [0.29, 0.717) is 26.2 Å². The summed E-state index contributed by atoms with van der Waals surface area (Å²) in [6.45, 7) is 4.36. The number of carbonyl (C=O) groups is 1. The third kappa shape index (κ3) is 7.03. The zero-order valence-corrected chi connectivity index (χ0v) is 17.9. The maximum absolute atomic E-state index is 12.4. The van der Waals surface area contributed by atoms with E-state index in [0.717, 1.165) is 67.5 Å². The third-order valence-electron chi connectivity index (χ3n) is 4.80. The standard InChI is InChI=1S/C20H30N2O4S.ClH/c21-8-1-11-24-16-5-9-22(10-6-16)20(23)7-14-27-17-3-4-18-19(15-17)26-13-2-12-25-18;/h3-4,15-16H,1-2,5-14,21H2;1H. The number of hydrogen-bond acceptors (Lipinski definition) is 6. The average molecular weight is 431 g/mol. The Hall–Kier alpha value is -1.15. The van der Waals surface area contributed by atoms with E-state index in [9.17, 15) is 4.79 Å². The van der Waals surface area contributed by atoms with Crippen LogP contribution in [0.1, 0.15) is 32.1 Å². The Morgan fingerprint density at radius 2 is 1.96 bits per heavy atom. The van der Waals surface area contributed by atoms with E-state index < -0.39 is 0 Å². The lowest BCUT2D eigenvalue weighted by molar-refractivity contribution is -0.133. The number of nitrogens with zero attached hydrogens (tertiary/aromatic N) is 1. The lowest BCUT2D eigenvalue weighted by Crippen LogP contribution is -2.41. The van der Waals surface area contributed by atoms with Gasteiger partial charge in [0.15, 0.2) is 11.5 Å². The van der Waals surface area contributed by atoms with Gasteiger partial charge in [-0.3, -0.25) is 4.79 Å². The van der Waals surface area contributed by atoms with Gasteiger partial charge in [0.1, 0.15) is 0 Å². The number of amides is 1. The van der Waals surface area contributed by atoms with Crippen molar-refractivity contribution >= 4 is 30.1 Å². The molecule has 0 unspecified atom stereocenters. The van der Waals surface area contributed by atoms with Crippen LogP contribution in [-0.2, 0) is 9.53 Å². The van der Waals surface area contributed by atoms with Crippen molar-refractivity contribution in [3.8, 4) is 11.5 Å². The second kappa shape index (κ2) is 12.4. The molecule has 1 saturated heterocycles. The first kappa shape index (κ1) is 23.1. The predicted molar refractivity (Wildman–Crippen MR) is 114 cm³/mol. The quantitative estimate of drug-likeness (QED) is 0.504. The van der Waals surface area contributed by atoms with Crippen molar-refractivity contribution in [3.63, 3.8) is 0 Å². The molecule has 1 aromatic carbocycles. The maximum atomic E-state index is 12.4. The smallest absolute Gasteiger partial charge is 0.223 e. The van der Waals surface area contributed by atoms with Crippen LogP contribution in [0.15, 0.2) is 23.1 Å². The molecule has 158 valence electrons. The van der Waals surface area contributed by atoms with Gasteiger partial charge in [-0.05, 0) is 44.0 Å². The van der Waals surface area contributed by atoms with Crippen LogP contribution in [0.5, 0.6) is 11.5 Å². The molecule has 8 heteroatoms. The van der Waals surface area contributed by atoms with Gasteiger partial charge >= 0.3 is 0 Å². The molecular formula is C20H31ClN2O4S. The Morgan fingerprint density at radius 3 is 2.71 bits per heavy atom. The van der Waals surface area contributed by atoms with Crippen molar-refractivity contribution in [2.75, 3.05) is 45.2 Å². The first-order valence-corrected chi connectivity index (χ1v) is 10.9. The molecule has 0 aliphatic carbocycles. The van der Waals surface area contributed by atoms with Crippen LogP contribution in [-0.4, -0.2) is 62.1 Å². The molecule has 2 heterocycles. The Kier molecular flexibility index (Phi) is 10.3. The summed E-state index contributed by atoms with van der Waals surface area (Å²) in [5.74, 6) is 2.62. The van der Waals surface area contributed by atoms with E-state index in [1.807, 2.05) is 23.1 Å². The van der Waals surface area contributed by atoms with Gasteiger partial charge in [-0.2, -0.15) is 0 Å². The molecule has 1 amide bonds. The molecule has 2 aliphatic rings. The van der Waals surface area contributed by atoms with Crippen molar-refractivity contribution < 1.29 is 19.0 Å². The van der Waals surface area contributed by atoms with Crippen LogP contribution in [0, 0.1) is 0 Å². The number of ether oxygens (including phenoxy) is 3. The molecule has 2 N–H and O–H groups in total. The van der Waals surface area contributed by atoms with E-state index in [4.69, 9.17) is 19.9 Å². The minimum absolute atomic E-state index is 0. The van der Waals surface area contributed by atoms with E-state index in [1.165, 1.54) is 0 Å². The maximum Gasteiger partial charge on any atom is 0.223 e. The summed E-state index contributed by atoms with van der Waals surface area (Å²) in [6.07, 6.45) is 4.47. The summed E-state index contributed by atoms with van der Waals surface area (Å²) in [4.78, 5) is 15.5. The molecule has 0 aromatic heterocycles. The number of nitrogens with two attached hydrogens (primary N) is 1. The van der Waals surface area contributed by atoms with E-state index >= 15 is 0 Å². The van der Waals surface area contributed by atoms with Gasteiger partial charge in [-0.15, -0.1) is 24.2 Å². The van der Waals surface area contributed by atoms with Gasteiger partial charge in [0.25, 0.3) is 0 Å². The first-order valence-electron chi connectivity index (χ1n) is 9.88. The van der Waals surface area contributed by atoms with Gasteiger partial charge in [0.05, 0.1) is 19.3 Å². The van der Waals surface area contributed by atoms with E-state index in [2.05, 4.69) is 0 Å². The van der Waals surface area contributed by atoms with Gasteiger partial charge in [0, 0.05) is 43.2 Å². The molecule has 28 heavy (non-hydrogen) atoms. The molecule has 1 fully saturated rings. The van der Waals surface area contributed by atoms with Crippen molar-refractivity contribution in [1.82, 2.24) is 4.90 Å². The Labute approximate surface area is 177 Å². The highest BCUT2D eigenvalue weighted by molar-refractivity contribution is 7.99. The fourth-order valence-corrected chi connectivity index (χ4v) is 4.12. The van der Waals surface area contributed by atoms with E-state index in [-0.39, 0.29) is 24.4 Å². The third-order valence-corrected chi connectivity index (χ3v) is 5.80. The van der Waals surface area contributed by atoms with Crippen LogP contribution in [0.2, 0.25) is 0 Å². The predicted octanol–water partition coefficient (Wildman–Crippen LogP) is 3.11. The van der Waals surface area contributed by atoms with Crippen molar-refractivity contribution in [2.24, 2.45) is 5.73 Å². The van der Waals surface area contributed by atoms with Crippen molar-refractivity contribution in [2.45, 2.75) is 43.1 Å². The topological polar surface area (TPSA) is 74.0 Å². The number of likely N-dealkylation sites (tertiary alicyclic amines) is 1. The lowest BCUT2D eigenvalue weighted by atomic mass is 10.1. The molecule has 6 nitrogen and oxygen atoms in total. The molecule has 0 saturated carbocycles. The average Bonchev–Trinajstić information content (AvgIpc) is 2.93. The molecule has 0 radical (unpaired) electrons. The van der Waals surface area contributed by atoms with Crippen LogP contribution >= 0.6 is 24.2 Å². The van der Waals surface area contributed by atoms with E-state index in [1.54, 1.807) is 11.8 Å². The lowest BCUT2D eigenvalue weighted by Gasteiger charge is -2.32. The molecule has 0 atom stereocenters. The molecule has 1 aromatic rings. The molecule has 2 aliphatic heterocycles. The van der Waals surface area contributed by atoms with Crippen LogP contribution in [0.25, 0.3) is 0 Å². The highest BCUT2D eigenvalue weighted by Gasteiger charge is 2.22. The summed E-state index contributed by atoms with van der Waals surface area (Å²) in [7, 11) is 0. The molecular weight excluding hydrogens is 400 g/mol. The molecule has 0 spiro atoms. The number of fused-ring (bicyclic) bond motifs is 1. The second-order valence-electron chi connectivity index (χ2n) is 6.85. The van der Waals surface area contributed by atoms with Gasteiger partial charge in [0.2, 0.25) is 5.91 Å².